The minimum atomic E-state index is -0.468. The van der Waals surface area contributed by atoms with Crippen LogP contribution in [0.5, 0.6) is 5.75 Å². The van der Waals surface area contributed by atoms with Crippen molar-refractivity contribution in [2.45, 2.75) is 0 Å². The molecule has 4 rings (SSSR count). The third-order valence-electron chi connectivity index (χ3n) is 3.96. The maximum Gasteiger partial charge on any atom is 0.332 e. The standard InChI is InChI=1S/C15H13N7O3/c1-20-13-11(14(24)21(2)15(20)25)16-12(17-13)8-7-22(19-18-8)9-5-3-4-6-10(9)23/h3-7,23H,1-2H3,(H,16,17). The number of H-pyrrole nitrogens is 1. The molecule has 0 fully saturated rings. The first-order chi connectivity index (χ1) is 12.0. The van der Waals surface area contributed by atoms with Crippen molar-refractivity contribution < 1.29 is 5.11 Å². The van der Waals surface area contributed by atoms with Gasteiger partial charge in [-0.1, -0.05) is 17.3 Å². The second-order valence-electron chi connectivity index (χ2n) is 5.53. The number of benzene rings is 1. The smallest absolute Gasteiger partial charge is 0.332 e. The molecule has 0 saturated carbocycles. The van der Waals surface area contributed by atoms with Gasteiger partial charge in [0.25, 0.3) is 5.56 Å². The van der Waals surface area contributed by atoms with Gasteiger partial charge in [0.15, 0.2) is 11.5 Å². The van der Waals surface area contributed by atoms with Crippen LogP contribution in [0.4, 0.5) is 0 Å². The van der Waals surface area contributed by atoms with Crippen molar-refractivity contribution in [2.75, 3.05) is 0 Å². The Hall–Kier alpha value is -3.69. The Morgan fingerprint density at radius 1 is 1.12 bits per heavy atom. The van der Waals surface area contributed by atoms with Gasteiger partial charge in [0, 0.05) is 14.1 Å². The van der Waals surface area contributed by atoms with Crippen LogP contribution in [0.3, 0.4) is 0 Å². The molecule has 0 unspecified atom stereocenters. The van der Waals surface area contributed by atoms with Gasteiger partial charge in [0.1, 0.15) is 22.6 Å². The van der Waals surface area contributed by atoms with Crippen LogP contribution in [0.25, 0.3) is 28.4 Å². The zero-order valence-electron chi connectivity index (χ0n) is 13.3. The number of nitrogens with zero attached hydrogens (tertiary/aromatic N) is 6. The highest BCUT2D eigenvalue weighted by Gasteiger charge is 2.16. The van der Waals surface area contributed by atoms with E-state index >= 15 is 0 Å². The van der Waals surface area contributed by atoms with Crippen molar-refractivity contribution in [1.29, 1.82) is 0 Å². The van der Waals surface area contributed by atoms with E-state index in [1.54, 1.807) is 24.4 Å². The highest BCUT2D eigenvalue weighted by Crippen LogP contribution is 2.22. The first-order valence-electron chi connectivity index (χ1n) is 7.34. The Labute approximate surface area is 139 Å². The lowest BCUT2D eigenvalue weighted by Gasteiger charge is -2.01. The van der Waals surface area contributed by atoms with Crippen molar-refractivity contribution in [2.24, 2.45) is 14.1 Å². The molecular formula is C15H13N7O3. The van der Waals surface area contributed by atoms with Crippen molar-refractivity contribution in [1.82, 2.24) is 34.1 Å². The minimum absolute atomic E-state index is 0.0554. The molecule has 2 N–H and O–H groups in total. The number of aromatic hydroxyl groups is 1. The van der Waals surface area contributed by atoms with Gasteiger partial charge in [-0.3, -0.25) is 13.9 Å². The van der Waals surface area contributed by atoms with Gasteiger partial charge in [0.05, 0.1) is 6.20 Å². The summed E-state index contributed by atoms with van der Waals surface area (Å²) in [4.78, 5) is 31.4. The van der Waals surface area contributed by atoms with Gasteiger partial charge >= 0.3 is 5.69 Å². The molecule has 25 heavy (non-hydrogen) atoms. The number of imidazole rings is 1. The lowest BCUT2D eigenvalue weighted by atomic mass is 10.3. The molecule has 10 heteroatoms. The van der Waals surface area contributed by atoms with Crippen LogP contribution >= 0.6 is 0 Å². The van der Waals surface area contributed by atoms with Gasteiger partial charge in [-0.2, -0.15) is 0 Å². The first-order valence-corrected chi connectivity index (χ1v) is 7.34. The van der Waals surface area contributed by atoms with Crippen molar-refractivity contribution in [3.63, 3.8) is 0 Å². The summed E-state index contributed by atoms with van der Waals surface area (Å²) in [7, 11) is 2.94. The summed E-state index contributed by atoms with van der Waals surface area (Å²) in [6.45, 7) is 0. The van der Waals surface area contributed by atoms with E-state index in [1.807, 2.05) is 0 Å². The van der Waals surface area contributed by atoms with Gasteiger partial charge in [0.2, 0.25) is 0 Å². The highest BCUT2D eigenvalue weighted by atomic mass is 16.3. The maximum absolute atomic E-state index is 12.2. The van der Waals surface area contributed by atoms with Crippen LogP contribution < -0.4 is 11.2 Å². The van der Waals surface area contributed by atoms with E-state index in [-0.39, 0.29) is 16.9 Å². The molecule has 0 atom stereocenters. The Morgan fingerprint density at radius 3 is 2.64 bits per heavy atom. The van der Waals surface area contributed by atoms with Crippen molar-refractivity contribution in [3.8, 4) is 23.0 Å². The third kappa shape index (κ3) is 2.15. The van der Waals surface area contributed by atoms with Gasteiger partial charge < -0.3 is 10.1 Å². The lowest BCUT2D eigenvalue weighted by molar-refractivity contribution is 0.470. The van der Waals surface area contributed by atoms with Gasteiger partial charge in [-0.25, -0.2) is 14.5 Å². The highest BCUT2D eigenvalue weighted by molar-refractivity contribution is 5.74. The number of fused-ring (bicyclic) bond motifs is 1. The predicted octanol–water partition coefficient (Wildman–Crippen LogP) is -0.0864. The molecule has 126 valence electrons. The quantitative estimate of drug-likeness (QED) is 0.526. The van der Waals surface area contributed by atoms with Crippen LogP contribution in [0, 0.1) is 0 Å². The molecule has 1 aromatic carbocycles. The average molecular weight is 339 g/mol. The lowest BCUT2D eigenvalue weighted by Crippen LogP contribution is -2.36. The van der Waals surface area contributed by atoms with E-state index in [1.165, 1.54) is 29.4 Å². The Morgan fingerprint density at radius 2 is 1.88 bits per heavy atom. The molecule has 0 amide bonds. The SMILES string of the molecule is Cn1c(=O)c2[nH]c(-c3cn(-c4ccccc4O)nn3)nc2n(C)c1=O. The van der Waals surface area contributed by atoms with Crippen molar-refractivity contribution >= 4 is 11.2 Å². The molecule has 3 aromatic heterocycles. The number of hydrogen-bond donors (Lipinski definition) is 2. The Balaban J connectivity index is 1.88. The topological polar surface area (TPSA) is 124 Å². The van der Waals surface area contributed by atoms with Crippen LogP contribution in [-0.2, 0) is 14.1 Å². The number of phenolic OH excluding ortho intramolecular Hbond substituents is 1. The van der Waals surface area contributed by atoms with E-state index in [4.69, 9.17) is 0 Å². The second-order valence-corrected chi connectivity index (χ2v) is 5.53. The fourth-order valence-electron chi connectivity index (χ4n) is 2.60. The second kappa shape index (κ2) is 5.16. The van der Waals surface area contributed by atoms with E-state index in [9.17, 15) is 14.7 Å². The number of phenols is 1. The molecule has 0 aliphatic carbocycles. The molecular weight excluding hydrogens is 326 g/mol. The molecule has 0 saturated heterocycles. The van der Waals surface area contributed by atoms with Crippen LogP contribution in [0.2, 0.25) is 0 Å². The molecule has 0 spiro atoms. The molecule has 0 aliphatic rings. The van der Waals surface area contributed by atoms with Gasteiger partial charge in [-0.05, 0) is 12.1 Å². The summed E-state index contributed by atoms with van der Waals surface area (Å²) in [6.07, 6.45) is 1.56. The maximum atomic E-state index is 12.2. The fourth-order valence-corrected chi connectivity index (χ4v) is 2.60. The Kier molecular flexibility index (Phi) is 3.07. The zero-order chi connectivity index (χ0) is 17.7. The summed E-state index contributed by atoms with van der Waals surface area (Å²) < 4.78 is 3.68. The predicted molar refractivity (Wildman–Crippen MR) is 88.6 cm³/mol. The number of para-hydroxylation sites is 2. The molecule has 0 bridgehead atoms. The summed E-state index contributed by atoms with van der Waals surface area (Å²) in [5.41, 5.74) is 0.338. The van der Waals surface area contributed by atoms with Crippen LogP contribution in [0.15, 0.2) is 40.1 Å². The zero-order valence-corrected chi connectivity index (χ0v) is 13.3. The normalized spacial score (nSPS) is 11.3. The number of hydrogen-bond acceptors (Lipinski definition) is 6. The summed E-state index contributed by atoms with van der Waals surface area (Å²) in [6, 6.07) is 6.69. The number of rotatable bonds is 2. The summed E-state index contributed by atoms with van der Waals surface area (Å²) >= 11 is 0. The summed E-state index contributed by atoms with van der Waals surface area (Å²) in [5, 5.41) is 17.9. The van der Waals surface area contributed by atoms with E-state index in [0.29, 0.717) is 17.2 Å². The largest absolute Gasteiger partial charge is 0.506 e. The molecule has 0 radical (unpaired) electrons. The van der Waals surface area contributed by atoms with E-state index in [2.05, 4.69) is 20.3 Å². The fraction of sp³-hybridized carbons (Fsp3) is 0.133. The van der Waals surface area contributed by atoms with E-state index in [0.717, 1.165) is 4.57 Å². The van der Waals surface area contributed by atoms with Gasteiger partial charge in [-0.15, -0.1) is 5.10 Å². The summed E-state index contributed by atoms with van der Waals surface area (Å²) in [5.74, 6) is 0.356. The number of aromatic amines is 1. The first kappa shape index (κ1) is 14.9. The molecule has 0 aliphatic heterocycles. The van der Waals surface area contributed by atoms with E-state index < -0.39 is 11.2 Å². The third-order valence-corrected chi connectivity index (χ3v) is 3.96. The van der Waals surface area contributed by atoms with Crippen LogP contribution in [-0.4, -0.2) is 39.2 Å². The number of nitrogens with one attached hydrogen (secondary N) is 1. The Bertz CT molecular complexity index is 1230. The molecule has 10 nitrogen and oxygen atoms in total. The molecule has 3 heterocycles. The number of aromatic nitrogens is 7. The van der Waals surface area contributed by atoms with Crippen LogP contribution in [0.1, 0.15) is 0 Å². The number of aryl methyl sites for hydroxylation is 1. The average Bonchev–Trinajstić information content (AvgIpc) is 3.25. The monoisotopic (exact) mass is 339 g/mol. The molecule has 4 aromatic rings. The minimum Gasteiger partial charge on any atom is -0.506 e. The van der Waals surface area contributed by atoms with Crippen molar-refractivity contribution in [3.05, 3.63) is 51.3 Å².